The Bertz CT molecular complexity index is 643. The molecule has 0 bridgehead atoms. The summed E-state index contributed by atoms with van der Waals surface area (Å²) in [6.45, 7) is 7.11. The van der Waals surface area contributed by atoms with Gasteiger partial charge in [0.1, 0.15) is 5.82 Å². The predicted molar refractivity (Wildman–Crippen MR) is 95.6 cm³/mol. The number of piperidine rings is 1. The maximum absolute atomic E-state index is 5.80. The van der Waals surface area contributed by atoms with Crippen LogP contribution in [-0.2, 0) is 6.42 Å². The van der Waals surface area contributed by atoms with Crippen LogP contribution in [0.2, 0.25) is 0 Å². The van der Waals surface area contributed by atoms with E-state index in [1.807, 2.05) is 0 Å². The van der Waals surface area contributed by atoms with Gasteiger partial charge in [-0.1, -0.05) is 36.8 Å². The lowest BCUT2D eigenvalue weighted by atomic mass is 9.97. The molecule has 1 saturated heterocycles. The zero-order valence-electron chi connectivity index (χ0n) is 14.1. The summed E-state index contributed by atoms with van der Waals surface area (Å²) >= 11 is 0. The second-order valence-electron chi connectivity index (χ2n) is 6.43. The van der Waals surface area contributed by atoms with Crippen molar-refractivity contribution < 1.29 is 0 Å². The molecule has 122 valence electrons. The Morgan fingerprint density at radius 3 is 2.43 bits per heavy atom. The second-order valence-corrected chi connectivity index (χ2v) is 6.43. The lowest BCUT2D eigenvalue weighted by molar-refractivity contribution is 0.413. The molecule has 4 heteroatoms. The van der Waals surface area contributed by atoms with Crippen LogP contribution < -0.4 is 10.6 Å². The van der Waals surface area contributed by atoms with Crippen molar-refractivity contribution in [1.82, 2.24) is 9.97 Å². The SMILES string of the molecule is CCc1cc(N2CCC(CN)CC2)nc(-c2ccc(C)cc2)n1. The van der Waals surface area contributed by atoms with E-state index in [0.717, 1.165) is 61.8 Å². The molecule has 0 spiro atoms. The first kappa shape index (κ1) is 15.9. The van der Waals surface area contributed by atoms with Gasteiger partial charge in [-0.15, -0.1) is 0 Å². The molecule has 1 aliphatic rings. The molecular formula is C19H26N4. The van der Waals surface area contributed by atoms with E-state index >= 15 is 0 Å². The van der Waals surface area contributed by atoms with Crippen LogP contribution in [0.25, 0.3) is 11.4 Å². The molecule has 1 aromatic carbocycles. The Morgan fingerprint density at radius 2 is 1.83 bits per heavy atom. The Kier molecular flexibility index (Phi) is 4.91. The molecule has 23 heavy (non-hydrogen) atoms. The van der Waals surface area contributed by atoms with Gasteiger partial charge in [0.15, 0.2) is 5.82 Å². The molecule has 2 N–H and O–H groups in total. The molecule has 2 aromatic rings. The van der Waals surface area contributed by atoms with Crippen LogP contribution >= 0.6 is 0 Å². The van der Waals surface area contributed by atoms with E-state index in [9.17, 15) is 0 Å². The summed E-state index contributed by atoms with van der Waals surface area (Å²) in [4.78, 5) is 11.9. The van der Waals surface area contributed by atoms with Crippen LogP contribution in [0.15, 0.2) is 30.3 Å². The van der Waals surface area contributed by atoms with Crippen LogP contribution in [0.3, 0.4) is 0 Å². The summed E-state index contributed by atoms with van der Waals surface area (Å²) in [5.74, 6) is 2.55. The average Bonchev–Trinajstić information content (AvgIpc) is 2.62. The lowest BCUT2D eigenvalue weighted by Crippen LogP contribution is -2.36. The van der Waals surface area contributed by atoms with E-state index in [2.05, 4.69) is 49.1 Å². The van der Waals surface area contributed by atoms with Crippen LogP contribution in [0.5, 0.6) is 0 Å². The fourth-order valence-corrected chi connectivity index (χ4v) is 3.06. The Labute approximate surface area is 138 Å². The van der Waals surface area contributed by atoms with Gasteiger partial charge in [0.25, 0.3) is 0 Å². The summed E-state index contributed by atoms with van der Waals surface area (Å²) in [6.07, 6.45) is 3.23. The highest BCUT2D eigenvalue weighted by Crippen LogP contribution is 2.25. The van der Waals surface area contributed by atoms with Gasteiger partial charge < -0.3 is 10.6 Å². The zero-order valence-corrected chi connectivity index (χ0v) is 14.1. The third-order valence-electron chi connectivity index (χ3n) is 4.71. The minimum absolute atomic E-state index is 0.662. The molecule has 4 nitrogen and oxygen atoms in total. The van der Waals surface area contributed by atoms with E-state index in [-0.39, 0.29) is 0 Å². The first-order valence-electron chi connectivity index (χ1n) is 8.59. The number of aromatic nitrogens is 2. The van der Waals surface area contributed by atoms with Crippen LogP contribution in [0.4, 0.5) is 5.82 Å². The maximum atomic E-state index is 5.80. The molecule has 0 saturated carbocycles. The van der Waals surface area contributed by atoms with E-state index in [1.165, 1.54) is 5.56 Å². The van der Waals surface area contributed by atoms with Crippen LogP contribution in [0, 0.1) is 12.8 Å². The van der Waals surface area contributed by atoms with Gasteiger partial charge in [0.05, 0.1) is 0 Å². The van der Waals surface area contributed by atoms with Gasteiger partial charge in [-0.05, 0) is 38.6 Å². The Hall–Kier alpha value is -1.94. The maximum Gasteiger partial charge on any atom is 0.161 e. The molecule has 2 heterocycles. The van der Waals surface area contributed by atoms with Gasteiger partial charge in [-0.25, -0.2) is 9.97 Å². The quantitative estimate of drug-likeness (QED) is 0.942. The van der Waals surface area contributed by atoms with Crippen molar-refractivity contribution in [2.45, 2.75) is 33.1 Å². The second kappa shape index (κ2) is 7.09. The highest BCUT2D eigenvalue weighted by molar-refractivity contribution is 5.58. The molecule has 0 amide bonds. The van der Waals surface area contributed by atoms with Crippen molar-refractivity contribution in [3.05, 3.63) is 41.6 Å². The number of rotatable bonds is 4. The number of benzene rings is 1. The molecule has 1 fully saturated rings. The molecule has 3 rings (SSSR count). The third-order valence-corrected chi connectivity index (χ3v) is 4.71. The van der Waals surface area contributed by atoms with Crippen molar-refractivity contribution in [2.75, 3.05) is 24.5 Å². The van der Waals surface area contributed by atoms with Gasteiger partial charge >= 0.3 is 0 Å². The van der Waals surface area contributed by atoms with Crippen molar-refractivity contribution in [2.24, 2.45) is 11.7 Å². The summed E-state index contributed by atoms with van der Waals surface area (Å²) in [7, 11) is 0. The van der Waals surface area contributed by atoms with Crippen LogP contribution in [-0.4, -0.2) is 29.6 Å². The normalized spacial score (nSPS) is 15.9. The monoisotopic (exact) mass is 310 g/mol. The smallest absolute Gasteiger partial charge is 0.161 e. The predicted octanol–water partition coefficient (Wildman–Crippen LogP) is 3.19. The molecule has 1 aliphatic heterocycles. The Morgan fingerprint density at radius 1 is 1.13 bits per heavy atom. The van der Waals surface area contributed by atoms with Gasteiger partial charge in [0, 0.05) is 30.4 Å². The first-order chi connectivity index (χ1) is 11.2. The Balaban J connectivity index is 1.89. The van der Waals surface area contributed by atoms with E-state index in [4.69, 9.17) is 15.7 Å². The van der Waals surface area contributed by atoms with Crippen molar-refractivity contribution in [1.29, 1.82) is 0 Å². The average molecular weight is 310 g/mol. The van der Waals surface area contributed by atoms with Gasteiger partial charge in [0.2, 0.25) is 0 Å². The summed E-state index contributed by atoms with van der Waals surface area (Å²) in [6, 6.07) is 10.6. The third kappa shape index (κ3) is 3.70. The number of anilines is 1. The topological polar surface area (TPSA) is 55.0 Å². The number of nitrogens with zero attached hydrogens (tertiary/aromatic N) is 3. The largest absolute Gasteiger partial charge is 0.356 e. The van der Waals surface area contributed by atoms with E-state index in [1.54, 1.807) is 0 Å². The van der Waals surface area contributed by atoms with Crippen molar-refractivity contribution >= 4 is 5.82 Å². The molecular weight excluding hydrogens is 284 g/mol. The zero-order chi connectivity index (χ0) is 16.2. The van der Waals surface area contributed by atoms with Crippen molar-refractivity contribution in [3.63, 3.8) is 0 Å². The lowest BCUT2D eigenvalue weighted by Gasteiger charge is -2.32. The number of aryl methyl sites for hydroxylation is 2. The fourth-order valence-electron chi connectivity index (χ4n) is 3.06. The first-order valence-corrected chi connectivity index (χ1v) is 8.59. The minimum atomic E-state index is 0.662. The molecule has 0 radical (unpaired) electrons. The standard InChI is InChI=1S/C19H26N4/c1-3-17-12-18(23-10-8-15(13-20)9-11-23)22-19(21-17)16-6-4-14(2)5-7-16/h4-7,12,15H,3,8-11,13,20H2,1-2H3. The molecule has 0 atom stereocenters. The summed E-state index contributed by atoms with van der Waals surface area (Å²) in [5.41, 5.74) is 9.25. The summed E-state index contributed by atoms with van der Waals surface area (Å²) < 4.78 is 0. The highest BCUT2D eigenvalue weighted by Gasteiger charge is 2.20. The fraction of sp³-hybridized carbons (Fsp3) is 0.474. The molecule has 0 unspecified atom stereocenters. The summed E-state index contributed by atoms with van der Waals surface area (Å²) in [5, 5.41) is 0. The minimum Gasteiger partial charge on any atom is -0.356 e. The molecule has 1 aromatic heterocycles. The van der Waals surface area contributed by atoms with Crippen LogP contribution in [0.1, 0.15) is 31.0 Å². The highest BCUT2D eigenvalue weighted by atomic mass is 15.2. The number of hydrogen-bond acceptors (Lipinski definition) is 4. The van der Waals surface area contributed by atoms with E-state index in [0.29, 0.717) is 5.92 Å². The molecule has 0 aliphatic carbocycles. The van der Waals surface area contributed by atoms with Gasteiger partial charge in [-0.3, -0.25) is 0 Å². The van der Waals surface area contributed by atoms with E-state index < -0.39 is 0 Å². The number of hydrogen-bond donors (Lipinski definition) is 1. The van der Waals surface area contributed by atoms with Gasteiger partial charge in [-0.2, -0.15) is 0 Å². The number of nitrogens with two attached hydrogens (primary N) is 1. The van der Waals surface area contributed by atoms with Crippen molar-refractivity contribution in [3.8, 4) is 11.4 Å².